The molecule has 0 aliphatic heterocycles. The number of esters is 2. The summed E-state index contributed by atoms with van der Waals surface area (Å²) in [6, 6.07) is 15.0. The molecule has 0 aliphatic rings. The predicted octanol–water partition coefficient (Wildman–Crippen LogP) is 10.9. The van der Waals surface area contributed by atoms with Crippen LogP contribution in [0, 0.1) is 0 Å². The van der Waals surface area contributed by atoms with Crippen LogP contribution < -0.4 is 30.0 Å². The number of hydrogen-bond donors (Lipinski definition) is 3. The normalized spacial score (nSPS) is 10.7. The highest BCUT2D eigenvalue weighted by atomic mass is 35.5. The fourth-order valence-corrected chi connectivity index (χ4v) is 5.81. The summed E-state index contributed by atoms with van der Waals surface area (Å²) in [5.41, 5.74) is 6.36. The number of nitrogens with one attached hydrogen (secondary N) is 1. The first-order chi connectivity index (χ1) is 27.4. The van der Waals surface area contributed by atoms with E-state index in [1.807, 2.05) is 27.7 Å². The van der Waals surface area contributed by atoms with Crippen molar-refractivity contribution in [3.05, 3.63) is 103 Å². The number of halogens is 4. The van der Waals surface area contributed by atoms with Gasteiger partial charge in [0.05, 0.1) is 53.1 Å². The van der Waals surface area contributed by atoms with Gasteiger partial charge in [-0.2, -0.15) is 0 Å². The lowest BCUT2D eigenvalue weighted by molar-refractivity contribution is 0.00537. The van der Waals surface area contributed by atoms with Crippen molar-refractivity contribution >= 4 is 81.6 Å². The SMILES string of the molecule is CCOc1c(Cl)cc(C(=O)Nc2ccc(C(=O)OC(C)(C)C)c(OC)c2)cc1Cl.CCOc1c(Cl)cc(C(=O)O)cc1Cl.COc1cc(N)ccc1C(=O)OC(C)(C)C. The largest absolute Gasteiger partial charge is 0.496 e. The summed E-state index contributed by atoms with van der Waals surface area (Å²) in [6.45, 7) is 15.2. The second-order valence-electron chi connectivity index (χ2n) is 14.0. The van der Waals surface area contributed by atoms with Crippen LogP contribution in [-0.2, 0) is 9.47 Å². The number of anilines is 2. The molecule has 0 bridgehead atoms. The number of carbonyl (C=O) groups is 4. The summed E-state index contributed by atoms with van der Waals surface area (Å²) in [4.78, 5) is 47.3. The van der Waals surface area contributed by atoms with Crippen LogP contribution in [0.25, 0.3) is 0 Å². The van der Waals surface area contributed by atoms with Gasteiger partial charge in [0.1, 0.15) is 33.8 Å². The van der Waals surface area contributed by atoms with Gasteiger partial charge in [-0.25, -0.2) is 14.4 Å². The maximum Gasteiger partial charge on any atom is 0.342 e. The number of nitrogens with two attached hydrogens (primary N) is 1. The number of carboxylic acids is 1. The van der Waals surface area contributed by atoms with Gasteiger partial charge in [0, 0.05) is 29.1 Å². The van der Waals surface area contributed by atoms with E-state index in [4.69, 9.17) is 85.7 Å². The van der Waals surface area contributed by atoms with Gasteiger partial charge in [-0.1, -0.05) is 46.4 Å². The summed E-state index contributed by atoms with van der Waals surface area (Å²) in [7, 11) is 2.92. The molecule has 0 spiro atoms. The van der Waals surface area contributed by atoms with Crippen molar-refractivity contribution in [1.29, 1.82) is 0 Å². The van der Waals surface area contributed by atoms with E-state index < -0.39 is 35.0 Å². The molecule has 0 aliphatic carbocycles. The zero-order chi connectivity index (χ0) is 44.8. The fraction of sp³-hybridized carbons (Fsp3) is 0.333. The number of nitrogen functional groups attached to an aromatic ring is 1. The Hall–Kier alpha value is -5.08. The van der Waals surface area contributed by atoms with Crippen molar-refractivity contribution in [1.82, 2.24) is 0 Å². The number of aromatic carboxylic acids is 1. The zero-order valence-corrected chi connectivity index (χ0v) is 37.3. The first kappa shape index (κ1) is 50.1. The molecule has 0 atom stereocenters. The first-order valence-corrected chi connectivity index (χ1v) is 19.3. The highest BCUT2D eigenvalue weighted by molar-refractivity contribution is 6.38. The van der Waals surface area contributed by atoms with Crippen molar-refractivity contribution in [2.75, 3.05) is 38.5 Å². The van der Waals surface area contributed by atoms with Gasteiger partial charge in [0.15, 0.2) is 11.5 Å². The third kappa shape index (κ3) is 15.9. The van der Waals surface area contributed by atoms with Crippen LogP contribution in [-0.4, -0.2) is 67.6 Å². The van der Waals surface area contributed by atoms with Crippen LogP contribution in [0.5, 0.6) is 23.0 Å². The van der Waals surface area contributed by atoms with Crippen molar-refractivity contribution < 1.29 is 52.7 Å². The molecule has 0 radical (unpaired) electrons. The smallest absolute Gasteiger partial charge is 0.342 e. The minimum absolute atomic E-state index is 0.0449. The minimum Gasteiger partial charge on any atom is -0.496 e. The lowest BCUT2D eigenvalue weighted by Gasteiger charge is -2.20. The number of ether oxygens (including phenoxy) is 6. The number of carbonyl (C=O) groups excluding carboxylic acids is 3. The molecule has 1 amide bonds. The Kier molecular flexibility index (Phi) is 19.0. The van der Waals surface area contributed by atoms with Crippen LogP contribution in [0.4, 0.5) is 11.4 Å². The molecule has 0 aromatic heterocycles. The molecule has 0 saturated heterocycles. The van der Waals surface area contributed by atoms with E-state index in [0.29, 0.717) is 47.4 Å². The van der Waals surface area contributed by atoms with Gasteiger partial charge in [0.25, 0.3) is 5.91 Å². The Balaban J connectivity index is 0.000000337. The molecule has 59 heavy (non-hydrogen) atoms. The maximum atomic E-state index is 12.6. The maximum absolute atomic E-state index is 12.6. The van der Waals surface area contributed by atoms with Crippen LogP contribution in [0.15, 0.2) is 60.7 Å². The number of amides is 1. The zero-order valence-electron chi connectivity index (χ0n) is 34.3. The summed E-state index contributed by atoms with van der Waals surface area (Å²) in [5, 5.41) is 12.3. The standard InChI is InChI=1S/C21H23Cl2NO5.C12H17NO3.C9H8Cl2O3/c1-6-28-18-15(22)9-12(10-16(18)23)19(25)24-13-7-8-14(17(11-13)27-5)20(26)29-21(2,3)4;1-12(2,3)16-11(14)9-6-5-8(13)7-10(9)15-4;1-2-14-8-6(10)3-5(9(12)13)4-7(8)11/h7-11H,6H2,1-5H3,(H,24,25);5-7H,13H2,1-4H3;3-4H,2H2,1H3,(H,12,13). The third-order valence-electron chi connectivity index (χ3n) is 7.01. The summed E-state index contributed by atoms with van der Waals surface area (Å²) >= 11 is 23.9. The van der Waals surface area contributed by atoms with Crippen LogP contribution in [0.2, 0.25) is 20.1 Å². The molecule has 0 heterocycles. The molecule has 320 valence electrons. The van der Waals surface area contributed by atoms with Crippen molar-refractivity contribution in [2.24, 2.45) is 0 Å². The third-order valence-corrected chi connectivity index (χ3v) is 8.13. The second-order valence-corrected chi connectivity index (χ2v) is 15.7. The highest BCUT2D eigenvalue weighted by Gasteiger charge is 2.23. The molecular weight excluding hydrogens is 850 g/mol. The monoisotopic (exact) mass is 896 g/mol. The van der Waals surface area contributed by atoms with E-state index in [1.54, 1.807) is 52.0 Å². The molecule has 17 heteroatoms. The van der Waals surface area contributed by atoms with E-state index in [2.05, 4.69) is 5.32 Å². The van der Waals surface area contributed by atoms with E-state index in [0.717, 1.165) is 0 Å². The Bertz CT molecular complexity index is 2080. The van der Waals surface area contributed by atoms with E-state index in [9.17, 15) is 19.2 Å². The van der Waals surface area contributed by atoms with Crippen LogP contribution in [0.3, 0.4) is 0 Å². The molecule has 4 rings (SSSR count). The van der Waals surface area contributed by atoms with Gasteiger partial charge in [-0.3, -0.25) is 4.79 Å². The van der Waals surface area contributed by atoms with Crippen LogP contribution >= 0.6 is 46.4 Å². The van der Waals surface area contributed by atoms with Crippen molar-refractivity contribution in [3.63, 3.8) is 0 Å². The Morgan fingerprint density at radius 1 is 0.627 bits per heavy atom. The molecule has 0 saturated carbocycles. The fourth-order valence-electron chi connectivity index (χ4n) is 4.62. The summed E-state index contributed by atoms with van der Waals surface area (Å²) in [5.74, 6) is -1.08. The molecular formula is C42H48Cl4N2O11. The Morgan fingerprint density at radius 2 is 1.02 bits per heavy atom. The number of hydrogen-bond acceptors (Lipinski definition) is 11. The van der Waals surface area contributed by atoms with E-state index in [1.165, 1.54) is 50.6 Å². The average Bonchev–Trinajstić information content (AvgIpc) is 3.13. The van der Waals surface area contributed by atoms with Gasteiger partial charge < -0.3 is 44.6 Å². The van der Waals surface area contributed by atoms with Crippen LogP contribution in [0.1, 0.15) is 96.8 Å². The molecule has 4 N–H and O–H groups in total. The molecule has 13 nitrogen and oxygen atoms in total. The predicted molar refractivity (Wildman–Crippen MR) is 231 cm³/mol. The molecule has 0 fully saturated rings. The summed E-state index contributed by atoms with van der Waals surface area (Å²) < 4.78 is 31.5. The number of carboxylic acid groups (broad SMARTS) is 1. The first-order valence-electron chi connectivity index (χ1n) is 17.8. The van der Waals surface area contributed by atoms with E-state index >= 15 is 0 Å². The summed E-state index contributed by atoms with van der Waals surface area (Å²) in [6.07, 6.45) is 0. The average molecular weight is 899 g/mol. The number of rotatable bonds is 11. The quantitative estimate of drug-likeness (QED) is 0.0958. The molecule has 0 unspecified atom stereocenters. The minimum atomic E-state index is -1.07. The molecule has 4 aromatic rings. The highest BCUT2D eigenvalue weighted by Crippen LogP contribution is 2.36. The topological polar surface area (TPSA) is 182 Å². The second kappa shape index (κ2) is 22.3. The van der Waals surface area contributed by atoms with Gasteiger partial charge >= 0.3 is 17.9 Å². The number of methoxy groups -OCH3 is 2. The van der Waals surface area contributed by atoms with Gasteiger partial charge in [-0.05, 0) is 104 Å². The molecule has 4 aromatic carbocycles. The van der Waals surface area contributed by atoms with Crippen molar-refractivity contribution in [3.8, 4) is 23.0 Å². The van der Waals surface area contributed by atoms with Gasteiger partial charge in [-0.15, -0.1) is 0 Å². The van der Waals surface area contributed by atoms with Gasteiger partial charge in [0.2, 0.25) is 0 Å². The lowest BCUT2D eigenvalue weighted by Crippen LogP contribution is -2.24. The Morgan fingerprint density at radius 3 is 1.39 bits per heavy atom. The number of benzene rings is 4. The Labute approximate surface area is 363 Å². The van der Waals surface area contributed by atoms with Crippen molar-refractivity contribution in [2.45, 2.75) is 66.6 Å². The lowest BCUT2D eigenvalue weighted by atomic mass is 10.1. The van der Waals surface area contributed by atoms with E-state index in [-0.39, 0.29) is 42.5 Å².